The number of aromatic amines is 1. The highest BCUT2D eigenvalue weighted by Gasteiger charge is 2.40. The van der Waals surface area contributed by atoms with Crippen molar-refractivity contribution in [1.82, 2.24) is 4.98 Å². The quantitative estimate of drug-likeness (QED) is 0.201. The van der Waals surface area contributed by atoms with Crippen LogP contribution >= 0.6 is 0 Å². The topological polar surface area (TPSA) is 19.0 Å². The Labute approximate surface area is 275 Å². The summed E-state index contributed by atoms with van der Waals surface area (Å²) in [5.74, 6) is 0. The summed E-state index contributed by atoms with van der Waals surface area (Å²) in [4.78, 5) is 6.11. The van der Waals surface area contributed by atoms with E-state index in [1.807, 2.05) is 0 Å². The highest BCUT2D eigenvalue weighted by molar-refractivity contribution is 6.12. The van der Waals surface area contributed by atoms with Gasteiger partial charge in [0.05, 0.1) is 5.52 Å². The zero-order chi connectivity index (χ0) is 31.4. The molecule has 1 aromatic heterocycles. The number of hydrogen-bond donors (Lipinski definition) is 1. The summed E-state index contributed by atoms with van der Waals surface area (Å²) in [6.07, 6.45) is 0.911. The zero-order valence-corrected chi connectivity index (χ0v) is 26.3. The number of H-pyrrole nitrogens is 1. The lowest BCUT2D eigenvalue weighted by molar-refractivity contribution is 0.583. The van der Waals surface area contributed by atoms with Crippen LogP contribution in [0.15, 0.2) is 170 Å². The van der Waals surface area contributed by atoms with Crippen LogP contribution < -0.4 is 4.90 Å². The summed E-state index contributed by atoms with van der Waals surface area (Å²) in [7, 11) is 0. The first-order valence-corrected chi connectivity index (χ1v) is 16.4. The number of nitrogens with zero attached hydrogens (tertiary/aromatic N) is 1. The minimum atomic E-state index is -0.231. The summed E-state index contributed by atoms with van der Waals surface area (Å²) >= 11 is 0. The van der Waals surface area contributed by atoms with E-state index in [4.69, 9.17) is 0 Å². The minimum absolute atomic E-state index is 0.231. The molecule has 1 aliphatic rings. The Morgan fingerprint density at radius 1 is 0.489 bits per heavy atom. The van der Waals surface area contributed by atoms with Crippen molar-refractivity contribution in [1.29, 1.82) is 0 Å². The Balaban J connectivity index is 1.23. The summed E-state index contributed by atoms with van der Waals surface area (Å²) < 4.78 is 0. The van der Waals surface area contributed by atoms with Gasteiger partial charge in [-0.1, -0.05) is 128 Å². The van der Waals surface area contributed by atoms with Gasteiger partial charge in [0.2, 0.25) is 0 Å². The number of aromatic nitrogens is 1. The number of nitrogens with one attached hydrogen (secondary N) is 1. The van der Waals surface area contributed by atoms with Crippen molar-refractivity contribution in [2.24, 2.45) is 0 Å². The maximum atomic E-state index is 3.74. The maximum absolute atomic E-state index is 3.74. The number of hydrogen-bond acceptors (Lipinski definition) is 1. The summed E-state index contributed by atoms with van der Waals surface area (Å²) in [5.41, 5.74) is 14.8. The van der Waals surface area contributed by atoms with Crippen molar-refractivity contribution in [3.05, 3.63) is 187 Å². The Morgan fingerprint density at radius 2 is 1.09 bits per heavy atom. The summed E-state index contributed by atoms with van der Waals surface area (Å²) in [6, 6.07) is 61.8. The number of benzene rings is 7. The Hall–Kier alpha value is -5.86. The van der Waals surface area contributed by atoms with E-state index in [1.165, 1.54) is 60.8 Å². The van der Waals surface area contributed by atoms with Crippen LogP contribution in [0, 0.1) is 0 Å². The molecule has 0 saturated heterocycles. The average molecular weight is 603 g/mol. The fraction of sp³-hybridized carbons (Fsp3) is 0.0667. The molecule has 0 amide bonds. The van der Waals surface area contributed by atoms with E-state index in [1.54, 1.807) is 0 Å². The molecule has 1 N–H and O–H groups in total. The fourth-order valence-corrected chi connectivity index (χ4v) is 7.82. The van der Waals surface area contributed by atoms with Gasteiger partial charge in [-0.25, -0.2) is 0 Å². The molecule has 1 aliphatic carbocycles. The predicted molar refractivity (Wildman–Crippen MR) is 198 cm³/mol. The third-order valence-electron chi connectivity index (χ3n) is 10.0. The molecule has 0 radical (unpaired) electrons. The van der Waals surface area contributed by atoms with Gasteiger partial charge in [0, 0.05) is 44.3 Å². The van der Waals surface area contributed by atoms with Crippen LogP contribution in [-0.4, -0.2) is 4.98 Å². The van der Waals surface area contributed by atoms with Gasteiger partial charge < -0.3 is 9.88 Å². The molecule has 2 heteroatoms. The summed E-state index contributed by atoms with van der Waals surface area (Å²) in [6.45, 7) is 2.44. The molecule has 8 aromatic rings. The third-order valence-corrected chi connectivity index (χ3v) is 10.0. The van der Waals surface area contributed by atoms with Crippen LogP contribution in [0.3, 0.4) is 0 Å². The first-order valence-electron chi connectivity index (χ1n) is 16.4. The van der Waals surface area contributed by atoms with Crippen molar-refractivity contribution in [3.8, 4) is 22.3 Å². The van der Waals surface area contributed by atoms with Gasteiger partial charge in [-0.15, -0.1) is 0 Å². The Bertz CT molecular complexity index is 2350. The van der Waals surface area contributed by atoms with Crippen LogP contribution in [-0.2, 0) is 11.8 Å². The number of para-hydroxylation sites is 4. The lowest BCUT2D eigenvalue weighted by atomic mass is 9.74. The van der Waals surface area contributed by atoms with E-state index in [0.29, 0.717) is 0 Å². The zero-order valence-electron chi connectivity index (χ0n) is 26.3. The standard InChI is InChI=1S/C45H34N2/c1-45(30-31-14-5-2-6-15-31)41-28-32(36-21-13-22-40-39-20-11-12-23-43(39)46-44(36)40)24-26-37(41)38-27-25-35(29-42(38)45)47(33-16-7-3-8-17-33)34-18-9-4-10-19-34/h2-29,46H,30H2,1H3. The minimum Gasteiger partial charge on any atom is -0.354 e. The highest BCUT2D eigenvalue weighted by atomic mass is 15.1. The van der Waals surface area contributed by atoms with Gasteiger partial charge in [-0.2, -0.15) is 0 Å². The molecule has 2 nitrogen and oxygen atoms in total. The van der Waals surface area contributed by atoms with E-state index in [2.05, 4.69) is 187 Å². The van der Waals surface area contributed by atoms with Gasteiger partial charge in [-0.3, -0.25) is 0 Å². The van der Waals surface area contributed by atoms with Gasteiger partial charge in [-0.05, 0) is 88.3 Å². The largest absolute Gasteiger partial charge is 0.354 e. The molecule has 1 unspecified atom stereocenters. The molecule has 1 heterocycles. The molecule has 224 valence electrons. The van der Waals surface area contributed by atoms with Crippen molar-refractivity contribution in [3.63, 3.8) is 0 Å². The van der Waals surface area contributed by atoms with Gasteiger partial charge in [0.1, 0.15) is 0 Å². The molecular weight excluding hydrogens is 569 g/mol. The van der Waals surface area contributed by atoms with E-state index in [-0.39, 0.29) is 5.41 Å². The Kier molecular flexibility index (Phi) is 6.36. The van der Waals surface area contributed by atoms with Crippen molar-refractivity contribution in [2.45, 2.75) is 18.8 Å². The second kappa shape index (κ2) is 10.9. The smallest absolute Gasteiger partial charge is 0.0544 e. The normalized spacial score (nSPS) is 15.1. The fourth-order valence-electron chi connectivity index (χ4n) is 7.82. The summed E-state index contributed by atoms with van der Waals surface area (Å²) in [5, 5.41) is 2.53. The molecular formula is C45H34N2. The Morgan fingerprint density at radius 3 is 1.81 bits per heavy atom. The second-order valence-corrected chi connectivity index (χ2v) is 12.9. The molecule has 0 spiro atoms. The maximum Gasteiger partial charge on any atom is 0.0544 e. The molecule has 47 heavy (non-hydrogen) atoms. The molecule has 0 fully saturated rings. The average Bonchev–Trinajstić information content (AvgIpc) is 3.62. The number of rotatable bonds is 6. The molecule has 0 aliphatic heterocycles. The predicted octanol–water partition coefficient (Wildman–Crippen LogP) is 12.0. The van der Waals surface area contributed by atoms with Crippen LogP contribution in [0.25, 0.3) is 44.1 Å². The number of fused-ring (bicyclic) bond motifs is 6. The first kappa shape index (κ1) is 27.5. The van der Waals surface area contributed by atoms with Gasteiger partial charge in [0.25, 0.3) is 0 Å². The van der Waals surface area contributed by atoms with Crippen LogP contribution in [0.5, 0.6) is 0 Å². The first-order chi connectivity index (χ1) is 23.2. The van der Waals surface area contributed by atoms with E-state index in [9.17, 15) is 0 Å². The van der Waals surface area contributed by atoms with Gasteiger partial charge in [0.15, 0.2) is 0 Å². The molecule has 9 rings (SSSR count). The SMILES string of the molecule is CC1(Cc2ccccc2)c2cc(-c3cccc4c3[nH]c3ccccc34)ccc2-c2ccc(N(c3ccccc3)c3ccccc3)cc21. The van der Waals surface area contributed by atoms with Gasteiger partial charge >= 0.3 is 0 Å². The second-order valence-electron chi connectivity index (χ2n) is 12.9. The lowest BCUT2D eigenvalue weighted by Crippen LogP contribution is -2.24. The van der Waals surface area contributed by atoms with Crippen LogP contribution in [0.1, 0.15) is 23.6 Å². The number of anilines is 3. The van der Waals surface area contributed by atoms with E-state index >= 15 is 0 Å². The van der Waals surface area contributed by atoms with Crippen LogP contribution in [0.2, 0.25) is 0 Å². The molecule has 1 atom stereocenters. The van der Waals surface area contributed by atoms with Crippen molar-refractivity contribution >= 4 is 38.9 Å². The van der Waals surface area contributed by atoms with Crippen LogP contribution in [0.4, 0.5) is 17.1 Å². The van der Waals surface area contributed by atoms with E-state index in [0.717, 1.165) is 23.5 Å². The monoisotopic (exact) mass is 602 g/mol. The third kappa shape index (κ3) is 4.48. The van der Waals surface area contributed by atoms with Crippen molar-refractivity contribution < 1.29 is 0 Å². The molecule has 0 saturated carbocycles. The molecule has 7 aromatic carbocycles. The molecule has 0 bridgehead atoms. The van der Waals surface area contributed by atoms with E-state index < -0.39 is 0 Å². The lowest BCUT2D eigenvalue weighted by Gasteiger charge is -2.30. The highest BCUT2D eigenvalue weighted by Crippen LogP contribution is 2.53. The van der Waals surface area contributed by atoms with Crippen molar-refractivity contribution in [2.75, 3.05) is 4.90 Å².